The van der Waals surface area contributed by atoms with E-state index >= 15 is 0 Å². The average Bonchev–Trinajstić information content (AvgIpc) is 3.35. The summed E-state index contributed by atoms with van der Waals surface area (Å²) in [4.78, 5) is 9.65. The molecular weight excluding hydrogens is 364 g/mol. The second-order valence-electron chi connectivity index (χ2n) is 8.31. The Hall–Kier alpha value is -2.67. The van der Waals surface area contributed by atoms with E-state index in [9.17, 15) is 0 Å². The van der Waals surface area contributed by atoms with Crippen molar-refractivity contribution in [2.45, 2.75) is 64.4 Å². The van der Waals surface area contributed by atoms with Crippen molar-refractivity contribution >= 4 is 0 Å². The van der Waals surface area contributed by atoms with Crippen molar-refractivity contribution in [3.8, 4) is 22.5 Å². The molecule has 4 heterocycles. The second kappa shape index (κ2) is 7.30. The Morgan fingerprint density at radius 2 is 2.00 bits per heavy atom. The number of aromatic nitrogens is 6. The molecule has 150 valence electrons. The summed E-state index contributed by atoms with van der Waals surface area (Å²) in [5.74, 6) is 0.653. The van der Waals surface area contributed by atoms with Crippen molar-refractivity contribution in [1.82, 2.24) is 30.6 Å². The van der Waals surface area contributed by atoms with Gasteiger partial charge in [-0.3, -0.25) is 9.97 Å². The van der Waals surface area contributed by atoms with Gasteiger partial charge < -0.3 is 4.74 Å². The maximum atomic E-state index is 6.24. The minimum absolute atomic E-state index is 0.430. The van der Waals surface area contributed by atoms with Crippen LogP contribution in [0.25, 0.3) is 22.5 Å². The van der Waals surface area contributed by atoms with E-state index in [1.54, 1.807) is 0 Å². The number of nitrogens with zero attached hydrogens (tertiary/aromatic N) is 5. The number of ether oxygens (including phenoxy) is 1. The lowest BCUT2D eigenvalue weighted by Gasteiger charge is -2.28. The molecule has 0 unspecified atom stereocenters. The molecule has 3 aromatic heterocycles. The molecule has 2 aliphatic rings. The maximum absolute atomic E-state index is 6.24. The van der Waals surface area contributed by atoms with Gasteiger partial charge in [-0.15, -0.1) is 5.10 Å². The molecule has 0 aromatic carbocycles. The molecule has 1 fully saturated rings. The van der Waals surface area contributed by atoms with E-state index in [2.05, 4.69) is 44.7 Å². The Kier molecular flexibility index (Phi) is 4.62. The Labute approximate surface area is 170 Å². The zero-order valence-electron chi connectivity index (χ0n) is 17.0. The maximum Gasteiger partial charge on any atom is 0.182 e. The zero-order chi connectivity index (χ0) is 19.8. The van der Waals surface area contributed by atoms with Crippen LogP contribution in [0, 0.1) is 6.92 Å². The molecule has 0 bridgehead atoms. The fraction of sp³-hybridized carbons (Fsp3) is 0.500. The highest BCUT2D eigenvalue weighted by Crippen LogP contribution is 2.45. The summed E-state index contributed by atoms with van der Waals surface area (Å²) in [6.45, 7) is 4.94. The van der Waals surface area contributed by atoms with E-state index < -0.39 is 5.60 Å². The Morgan fingerprint density at radius 1 is 1.10 bits per heavy atom. The van der Waals surface area contributed by atoms with Crippen molar-refractivity contribution < 1.29 is 4.74 Å². The molecular formula is C22H26N6O. The van der Waals surface area contributed by atoms with Gasteiger partial charge in [0.15, 0.2) is 5.82 Å². The number of aromatic amines is 1. The van der Waals surface area contributed by atoms with Crippen LogP contribution in [-0.4, -0.2) is 37.2 Å². The first-order valence-electron chi connectivity index (χ1n) is 10.5. The molecule has 7 nitrogen and oxygen atoms in total. The van der Waals surface area contributed by atoms with Gasteiger partial charge in [-0.25, -0.2) is 5.10 Å². The summed E-state index contributed by atoms with van der Waals surface area (Å²) < 4.78 is 6.24. The number of rotatable bonds is 3. The first-order chi connectivity index (χ1) is 14.2. The highest BCUT2D eigenvalue weighted by atomic mass is 16.5. The third kappa shape index (κ3) is 3.23. The van der Waals surface area contributed by atoms with E-state index in [1.807, 2.05) is 13.1 Å². The standard InChI is InChI=1S/C22H26N6O/c1-14-13-15(9-11-23-14)18-16-7-4-3-5-8-17(16)24-20(22(2)10-6-12-29-22)19(18)21-25-27-28-26-21/h9,11,13H,3-8,10,12H2,1-2H3,(H,25,26,27,28)/t22-/m0/s1. The van der Waals surface area contributed by atoms with Crippen molar-refractivity contribution in [1.29, 1.82) is 0 Å². The SMILES string of the molecule is Cc1cc(-c2c3c(nc([C@]4(C)CCCO4)c2-c2nnn[nH]2)CCCCC3)ccn1. The number of hydrogen-bond acceptors (Lipinski definition) is 6. The summed E-state index contributed by atoms with van der Waals surface area (Å²) >= 11 is 0. The number of pyridine rings is 2. The van der Waals surface area contributed by atoms with Gasteiger partial charge >= 0.3 is 0 Å². The van der Waals surface area contributed by atoms with Crippen LogP contribution in [-0.2, 0) is 23.2 Å². The minimum Gasteiger partial charge on any atom is -0.369 e. The lowest BCUT2D eigenvalue weighted by atomic mass is 9.84. The summed E-state index contributed by atoms with van der Waals surface area (Å²) in [6.07, 6.45) is 9.46. The molecule has 5 rings (SSSR count). The van der Waals surface area contributed by atoms with Crippen molar-refractivity contribution in [3.05, 3.63) is 41.0 Å². The van der Waals surface area contributed by atoms with Crippen molar-refractivity contribution in [2.24, 2.45) is 0 Å². The summed E-state index contributed by atoms with van der Waals surface area (Å²) in [6, 6.07) is 4.23. The van der Waals surface area contributed by atoms with E-state index in [0.717, 1.165) is 54.8 Å². The molecule has 1 aliphatic heterocycles. The quantitative estimate of drug-likeness (QED) is 0.682. The number of aryl methyl sites for hydroxylation is 2. The molecule has 1 N–H and O–H groups in total. The molecule has 0 amide bonds. The first-order valence-corrected chi connectivity index (χ1v) is 10.5. The zero-order valence-corrected chi connectivity index (χ0v) is 17.0. The Morgan fingerprint density at radius 3 is 2.76 bits per heavy atom. The largest absolute Gasteiger partial charge is 0.369 e. The fourth-order valence-electron chi connectivity index (χ4n) is 4.78. The van der Waals surface area contributed by atoms with E-state index in [4.69, 9.17) is 9.72 Å². The third-order valence-corrected chi connectivity index (χ3v) is 6.21. The number of tetrazole rings is 1. The number of nitrogens with one attached hydrogen (secondary N) is 1. The van der Waals surface area contributed by atoms with Crippen LogP contribution >= 0.6 is 0 Å². The van der Waals surface area contributed by atoms with Gasteiger partial charge in [-0.2, -0.15) is 0 Å². The molecule has 1 atom stereocenters. The van der Waals surface area contributed by atoms with Crippen LogP contribution in [0.5, 0.6) is 0 Å². The lowest BCUT2D eigenvalue weighted by molar-refractivity contribution is 0.0136. The van der Waals surface area contributed by atoms with Gasteiger partial charge in [0, 0.05) is 24.2 Å². The summed E-state index contributed by atoms with van der Waals surface area (Å²) in [5, 5.41) is 15.0. The number of fused-ring (bicyclic) bond motifs is 1. The molecule has 0 radical (unpaired) electrons. The number of H-pyrrole nitrogens is 1. The monoisotopic (exact) mass is 390 g/mol. The highest BCUT2D eigenvalue weighted by molar-refractivity contribution is 5.85. The average molecular weight is 390 g/mol. The molecule has 1 aliphatic carbocycles. The van der Waals surface area contributed by atoms with Gasteiger partial charge in [0.05, 0.1) is 11.3 Å². The number of hydrogen-bond donors (Lipinski definition) is 1. The lowest BCUT2D eigenvalue weighted by Crippen LogP contribution is -2.25. The van der Waals surface area contributed by atoms with Crippen LogP contribution in [0.15, 0.2) is 18.3 Å². The predicted molar refractivity (Wildman–Crippen MR) is 109 cm³/mol. The molecule has 3 aromatic rings. The van der Waals surface area contributed by atoms with Crippen LogP contribution in [0.4, 0.5) is 0 Å². The van der Waals surface area contributed by atoms with Gasteiger partial charge in [0.2, 0.25) is 0 Å². The third-order valence-electron chi connectivity index (χ3n) is 6.21. The van der Waals surface area contributed by atoms with Gasteiger partial charge in [0.1, 0.15) is 5.60 Å². The Balaban J connectivity index is 1.87. The normalized spacial score (nSPS) is 21.7. The molecule has 1 saturated heterocycles. The molecule has 29 heavy (non-hydrogen) atoms. The Bertz CT molecular complexity index is 1020. The molecule has 0 saturated carbocycles. The van der Waals surface area contributed by atoms with Crippen molar-refractivity contribution in [3.63, 3.8) is 0 Å². The van der Waals surface area contributed by atoms with Crippen LogP contribution in [0.1, 0.15) is 61.7 Å². The van der Waals surface area contributed by atoms with E-state index in [-0.39, 0.29) is 0 Å². The van der Waals surface area contributed by atoms with Crippen LogP contribution in [0.3, 0.4) is 0 Å². The topological polar surface area (TPSA) is 89.5 Å². The van der Waals surface area contributed by atoms with E-state index in [0.29, 0.717) is 5.82 Å². The summed E-state index contributed by atoms with van der Waals surface area (Å²) in [7, 11) is 0. The van der Waals surface area contributed by atoms with Crippen molar-refractivity contribution in [2.75, 3.05) is 6.61 Å². The van der Waals surface area contributed by atoms with Gasteiger partial charge in [-0.05, 0) is 91.6 Å². The second-order valence-corrected chi connectivity index (χ2v) is 8.31. The molecule has 7 heteroatoms. The first kappa shape index (κ1) is 18.4. The van der Waals surface area contributed by atoms with E-state index in [1.165, 1.54) is 36.1 Å². The minimum atomic E-state index is -0.430. The van der Waals surface area contributed by atoms with Gasteiger partial charge in [-0.1, -0.05) is 6.42 Å². The van der Waals surface area contributed by atoms with Crippen LogP contribution in [0.2, 0.25) is 0 Å². The fourth-order valence-corrected chi connectivity index (χ4v) is 4.78. The van der Waals surface area contributed by atoms with Crippen LogP contribution < -0.4 is 0 Å². The molecule has 0 spiro atoms. The highest BCUT2D eigenvalue weighted by Gasteiger charge is 2.39. The smallest absolute Gasteiger partial charge is 0.182 e. The predicted octanol–water partition coefficient (Wildman–Crippen LogP) is 3.93. The summed E-state index contributed by atoms with van der Waals surface area (Å²) in [5.41, 5.74) is 7.36. The van der Waals surface area contributed by atoms with Gasteiger partial charge in [0.25, 0.3) is 0 Å².